The molecule has 1 amide bonds. The summed E-state index contributed by atoms with van der Waals surface area (Å²) in [6.07, 6.45) is 2.85. The molecule has 1 aromatic carbocycles. The molecule has 0 radical (unpaired) electrons. The van der Waals surface area contributed by atoms with Crippen molar-refractivity contribution in [3.05, 3.63) is 29.8 Å². The summed E-state index contributed by atoms with van der Waals surface area (Å²) in [5.74, 6) is -1.59. The molecular weight excluding hydrogens is 262 g/mol. The number of hydrogen-bond acceptors (Lipinski definition) is 2. The molecule has 0 fully saturated rings. The maximum atomic E-state index is 13.6. The molecule has 0 saturated carbocycles. The van der Waals surface area contributed by atoms with Gasteiger partial charge in [-0.2, -0.15) is 0 Å². The van der Waals surface area contributed by atoms with Crippen LogP contribution in [0.4, 0.5) is 14.5 Å². The fourth-order valence-corrected chi connectivity index (χ4v) is 2.45. The van der Waals surface area contributed by atoms with Gasteiger partial charge in [0, 0.05) is 12.6 Å². The molecule has 1 rings (SSSR count). The average Bonchev–Trinajstić information content (AvgIpc) is 2.42. The second kappa shape index (κ2) is 7.33. The highest BCUT2D eigenvalue weighted by atomic mass is 19.1. The quantitative estimate of drug-likeness (QED) is 0.805. The van der Waals surface area contributed by atoms with Crippen LogP contribution in [0, 0.1) is 17.0 Å². The fourth-order valence-electron chi connectivity index (χ4n) is 2.45. The lowest BCUT2D eigenvalue weighted by atomic mass is 9.78. The summed E-state index contributed by atoms with van der Waals surface area (Å²) in [6.45, 7) is 4.13. The molecule has 0 atom stereocenters. The number of nitrogens with one attached hydrogen (secondary N) is 1. The lowest BCUT2D eigenvalue weighted by Gasteiger charge is -2.30. The summed E-state index contributed by atoms with van der Waals surface area (Å²) in [6, 6.07) is 2.99. The van der Waals surface area contributed by atoms with Gasteiger partial charge in [0.15, 0.2) is 0 Å². The van der Waals surface area contributed by atoms with Crippen LogP contribution in [0.1, 0.15) is 39.5 Å². The van der Waals surface area contributed by atoms with Gasteiger partial charge in [-0.05, 0) is 25.0 Å². The van der Waals surface area contributed by atoms with E-state index in [2.05, 4.69) is 5.32 Å². The zero-order valence-electron chi connectivity index (χ0n) is 12.0. The lowest BCUT2D eigenvalue weighted by Crippen LogP contribution is -2.42. The van der Waals surface area contributed by atoms with E-state index in [0.29, 0.717) is 12.8 Å². The van der Waals surface area contributed by atoms with E-state index in [-0.39, 0.29) is 18.1 Å². The number of benzene rings is 1. The standard InChI is InChI=1S/C15H22F2N2O/c1-3-7-15(10-18,8-4-2)14(20)19-13-9-11(16)5-6-12(13)17/h5-6,9H,3-4,7-8,10,18H2,1-2H3,(H,19,20). The van der Waals surface area contributed by atoms with Crippen LogP contribution >= 0.6 is 0 Å². The van der Waals surface area contributed by atoms with Gasteiger partial charge in [-0.1, -0.05) is 26.7 Å². The Labute approximate surface area is 118 Å². The van der Waals surface area contributed by atoms with Gasteiger partial charge in [0.2, 0.25) is 5.91 Å². The minimum atomic E-state index is -0.720. The number of amides is 1. The van der Waals surface area contributed by atoms with Crippen molar-refractivity contribution in [1.82, 2.24) is 0 Å². The number of carbonyl (C=O) groups excluding carboxylic acids is 1. The van der Waals surface area contributed by atoms with Gasteiger partial charge in [0.1, 0.15) is 11.6 Å². The Bertz CT molecular complexity index is 457. The van der Waals surface area contributed by atoms with Gasteiger partial charge >= 0.3 is 0 Å². The minimum Gasteiger partial charge on any atom is -0.329 e. The zero-order chi connectivity index (χ0) is 15.2. The summed E-state index contributed by atoms with van der Waals surface area (Å²) in [5.41, 5.74) is 4.91. The van der Waals surface area contributed by atoms with Gasteiger partial charge in [0.25, 0.3) is 0 Å². The Hall–Kier alpha value is -1.49. The summed E-state index contributed by atoms with van der Waals surface area (Å²) in [5, 5.41) is 2.48. The molecule has 0 saturated heterocycles. The van der Waals surface area contributed by atoms with Crippen LogP contribution in [0.3, 0.4) is 0 Å². The SMILES string of the molecule is CCCC(CN)(CCC)C(=O)Nc1cc(F)ccc1F. The number of nitrogens with two attached hydrogens (primary N) is 1. The van der Waals surface area contributed by atoms with E-state index in [1.807, 2.05) is 13.8 Å². The van der Waals surface area contributed by atoms with Crippen LogP contribution in [0.25, 0.3) is 0 Å². The van der Waals surface area contributed by atoms with Crippen LogP contribution in [0.5, 0.6) is 0 Å². The third-order valence-electron chi connectivity index (χ3n) is 3.51. The Kier molecular flexibility index (Phi) is 6.07. The summed E-state index contributed by atoms with van der Waals surface area (Å²) >= 11 is 0. The van der Waals surface area contributed by atoms with Crippen molar-refractivity contribution in [2.24, 2.45) is 11.1 Å². The predicted octanol–water partition coefficient (Wildman–Crippen LogP) is 3.45. The van der Waals surface area contributed by atoms with Crippen LogP contribution in [-0.2, 0) is 4.79 Å². The van der Waals surface area contributed by atoms with Crippen molar-refractivity contribution < 1.29 is 13.6 Å². The molecule has 112 valence electrons. The molecule has 3 N–H and O–H groups in total. The first kappa shape index (κ1) is 16.6. The maximum absolute atomic E-state index is 13.6. The second-order valence-electron chi connectivity index (χ2n) is 5.06. The number of rotatable bonds is 7. The van der Waals surface area contributed by atoms with Gasteiger partial charge in [0.05, 0.1) is 11.1 Å². The molecule has 3 nitrogen and oxygen atoms in total. The van der Waals surface area contributed by atoms with Crippen molar-refractivity contribution in [2.45, 2.75) is 39.5 Å². The average molecular weight is 284 g/mol. The molecule has 0 spiro atoms. The van der Waals surface area contributed by atoms with Crippen LogP contribution in [0.15, 0.2) is 18.2 Å². The molecule has 5 heteroatoms. The Morgan fingerprint density at radius 2 is 1.85 bits per heavy atom. The summed E-state index contributed by atoms with van der Waals surface area (Å²) in [7, 11) is 0. The molecular formula is C15H22F2N2O. The predicted molar refractivity (Wildman–Crippen MR) is 76.3 cm³/mol. The molecule has 0 aliphatic carbocycles. The lowest BCUT2D eigenvalue weighted by molar-refractivity contribution is -0.126. The first-order chi connectivity index (χ1) is 9.49. The Morgan fingerprint density at radius 1 is 1.25 bits per heavy atom. The first-order valence-corrected chi connectivity index (χ1v) is 6.95. The van der Waals surface area contributed by atoms with E-state index in [1.54, 1.807) is 0 Å². The van der Waals surface area contributed by atoms with Gasteiger partial charge in [-0.15, -0.1) is 0 Å². The fraction of sp³-hybridized carbons (Fsp3) is 0.533. The Morgan fingerprint density at radius 3 is 2.35 bits per heavy atom. The number of hydrogen-bond donors (Lipinski definition) is 2. The van der Waals surface area contributed by atoms with Gasteiger partial charge in [-0.3, -0.25) is 4.79 Å². The van der Waals surface area contributed by atoms with Crippen molar-refractivity contribution in [1.29, 1.82) is 0 Å². The summed E-state index contributed by atoms with van der Waals surface area (Å²) in [4.78, 5) is 12.4. The molecule has 1 aromatic rings. The molecule has 0 aliphatic heterocycles. The third kappa shape index (κ3) is 3.76. The first-order valence-electron chi connectivity index (χ1n) is 6.95. The third-order valence-corrected chi connectivity index (χ3v) is 3.51. The van der Waals surface area contributed by atoms with E-state index >= 15 is 0 Å². The Balaban J connectivity index is 2.98. The molecule has 0 heterocycles. The number of halogens is 2. The molecule has 0 aliphatic rings. The largest absolute Gasteiger partial charge is 0.329 e. The van der Waals surface area contributed by atoms with Crippen molar-refractivity contribution >= 4 is 11.6 Å². The zero-order valence-corrected chi connectivity index (χ0v) is 12.0. The van der Waals surface area contributed by atoms with E-state index in [9.17, 15) is 13.6 Å². The maximum Gasteiger partial charge on any atom is 0.231 e. The topological polar surface area (TPSA) is 55.1 Å². The smallest absolute Gasteiger partial charge is 0.231 e. The minimum absolute atomic E-state index is 0.139. The highest BCUT2D eigenvalue weighted by Gasteiger charge is 2.35. The normalized spacial score (nSPS) is 11.4. The van der Waals surface area contributed by atoms with Crippen molar-refractivity contribution in [3.63, 3.8) is 0 Å². The highest BCUT2D eigenvalue weighted by Crippen LogP contribution is 2.31. The van der Waals surface area contributed by atoms with E-state index in [4.69, 9.17) is 5.73 Å². The molecule has 0 unspecified atom stereocenters. The number of anilines is 1. The van der Waals surface area contributed by atoms with E-state index in [0.717, 1.165) is 31.0 Å². The highest BCUT2D eigenvalue weighted by molar-refractivity contribution is 5.95. The number of carbonyl (C=O) groups is 1. The monoisotopic (exact) mass is 284 g/mol. The van der Waals surface area contributed by atoms with Crippen LogP contribution in [0.2, 0.25) is 0 Å². The van der Waals surface area contributed by atoms with Gasteiger partial charge < -0.3 is 11.1 Å². The van der Waals surface area contributed by atoms with Gasteiger partial charge in [-0.25, -0.2) is 8.78 Å². The van der Waals surface area contributed by atoms with E-state index in [1.165, 1.54) is 0 Å². The summed E-state index contributed by atoms with van der Waals surface area (Å²) < 4.78 is 26.7. The van der Waals surface area contributed by atoms with Crippen molar-refractivity contribution in [2.75, 3.05) is 11.9 Å². The van der Waals surface area contributed by atoms with Crippen LogP contribution < -0.4 is 11.1 Å². The molecule has 20 heavy (non-hydrogen) atoms. The van der Waals surface area contributed by atoms with Crippen LogP contribution in [-0.4, -0.2) is 12.5 Å². The van der Waals surface area contributed by atoms with E-state index < -0.39 is 17.0 Å². The van der Waals surface area contributed by atoms with Crippen molar-refractivity contribution in [3.8, 4) is 0 Å². The second-order valence-corrected chi connectivity index (χ2v) is 5.06. The molecule has 0 aromatic heterocycles. The molecule has 0 bridgehead atoms.